The summed E-state index contributed by atoms with van der Waals surface area (Å²) in [6.45, 7) is 11.8. The zero-order valence-electron chi connectivity index (χ0n) is 23.8. The number of likely N-dealkylation sites (tertiary alicyclic amines) is 1. The SMILES string of the molecule is C=C/C(=C(/C#N)c1nc(C(=O)NC2CCNCC2)[nH]c1C)c1cc(NCCCN2CCCCC2)c2cnccc2n1. The van der Waals surface area contributed by atoms with Crippen LogP contribution < -0.4 is 16.0 Å². The Morgan fingerprint density at radius 1 is 1.24 bits per heavy atom. The third-order valence-electron chi connectivity index (χ3n) is 7.90. The molecule has 10 nitrogen and oxygen atoms in total. The summed E-state index contributed by atoms with van der Waals surface area (Å²) < 4.78 is 0. The fraction of sp³-hybridized carbons (Fsp3) is 0.452. The first-order valence-corrected chi connectivity index (χ1v) is 14.6. The third-order valence-corrected chi connectivity index (χ3v) is 7.90. The Balaban J connectivity index is 1.41. The van der Waals surface area contributed by atoms with Crippen LogP contribution in [0.4, 0.5) is 5.69 Å². The van der Waals surface area contributed by atoms with Crippen LogP contribution in [0, 0.1) is 18.3 Å². The van der Waals surface area contributed by atoms with E-state index in [0.29, 0.717) is 28.2 Å². The van der Waals surface area contributed by atoms with E-state index in [-0.39, 0.29) is 17.8 Å². The van der Waals surface area contributed by atoms with Crippen molar-refractivity contribution in [3.8, 4) is 6.07 Å². The predicted molar refractivity (Wildman–Crippen MR) is 162 cm³/mol. The Labute approximate surface area is 241 Å². The van der Waals surface area contributed by atoms with Crippen molar-refractivity contribution in [1.82, 2.24) is 35.5 Å². The summed E-state index contributed by atoms with van der Waals surface area (Å²) in [5, 5.41) is 21.1. The van der Waals surface area contributed by atoms with Crippen molar-refractivity contribution in [2.75, 3.05) is 44.6 Å². The van der Waals surface area contributed by atoms with Crippen molar-refractivity contribution in [2.45, 2.75) is 51.5 Å². The van der Waals surface area contributed by atoms with Crippen LogP contribution in [0.5, 0.6) is 0 Å². The van der Waals surface area contributed by atoms with Gasteiger partial charge in [-0.1, -0.05) is 19.1 Å². The Hall–Kier alpha value is -4.07. The fourth-order valence-corrected chi connectivity index (χ4v) is 5.67. The fourth-order valence-electron chi connectivity index (χ4n) is 5.67. The van der Waals surface area contributed by atoms with E-state index in [2.05, 4.69) is 48.5 Å². The molecule has 0 aromatic carbocycles. The van der Waals surface area contributed by atoms with Gasteiger partial charge in [-0.15, -0.1) is 0 Å². The zero-order chi connectivity index (χ0) is 28.6. The van der Waals surface area contributed by atoms with E-state index in [9.17, 15) is 10.1 Å². The monoisotopic (exact) mass is 553 g/mol. The minimum Gasteiger partial charge on any atom is -0.384 e. The van der Waals surface area contributed by atoms with E-state index in [0.717, 1.165) is 62.0 Å². The normalized spacial score (nSPS) is 17.1. The molecular formula is C31H39N9O. The van der Waals surface area contributed by atoms with Crippen molar-refractivity contribution in [1.29, 1.82) is 5.26 Å². The number of nitriles is 1. The first kappa shape index (κ1) is 28.5. The summed E-state index contributed by atoms with van der Waals surface area (Å²) in [5.41, 5.74) is 4.22. The average Bonchev–Trinajstić information content (AvgIpc) is 3.40. The van der Waals surface area contributed by atoms with Gasteiger partial charge in [0.2, 0.25) is 0 Å². The Morgan fingerprint density at radius 2 is 2.05 bits per heavy atom. The smallest absolute Gasteiger partial charge is 0.287 e. The second-order valence-electron chi connectivity index (χ2n) is 10.8. The number of allylic oxidation sites excluding steroid dienone is 3. The molecule has 4 N–H and O–H groups in total. The van der Waals surface area contributed by atoms with Crippen molar-refractivity contribution >= 4 is 33.6 Å². The molecule has 214 valence electrons. The van der Waals surface area contributed by atoms with Crippen LogP contribution in [0.15, 0.2) is 37.2 Å². The van der Waals surface area contributed by atoms with E-state index in [1.165, 1.54) is 32.4 Å². The molecule has 3 aromatic heterocycles. The number of aromatic amines is 1. The van der Waals surface area contributed by atoms with Gasteiger partial charge in [0.05, 0.1) is 16.8 Å². The number of hydrogen-bond donors (Lipinski definition) is 4. The zero-order valence-corrected chi connectivity index (χ0v) is 23.8. The highest BCUT2D eigenvalue weighted by molar-refractivity contribution is 6.03. The summed E-state index contributed by atoms with van der Waals surface area (Å²) >= 11 is 0. The van der Waals surface area contributed by atoms with E-state index < -0.39 is 0 Å². The van der Waals surface area contributed by atoms with Crippen LogP contribution in [0.2, 0.25) is 0 Å². The van der Waals surface area contributed by atoms with Crippen molar-refractivity contribution < 1.29 is 4.79 Å². The van der Waals surface area contributed by atoms with Gasteiger partial charge in [0.1, 0.15) is 11.8 Å². The number of carbonyl (C=O) groups is 1. The molecule has 2 saturated heterocycles. The number of nitrogens with zero attached hydrogens (tertiary/aromatic N) is 5. The summed E-state index contributed by atoms with van der Waals surface area (Å²) in [7, 11) is 0. The van der Waals surface area contributed by atoms with Crippen molar-refractivity contribution in [2.24, 2.45) is 0 Å². The maximum absolute atomic E-state index is 12.9. The number of nitrogens with one attached hydrogen (secondary N) is 4. The number of amides is 1. The highest BCUT2D eigenvalue weighted by Crippen LogP contribution is 2.31. The molecule has 3 aromatic rings. The van der Waals surface area contributed by atoms with Gasteiger partial charge in [0, 0.05) is 47.3 Å². The molecule has 5 heterocycles. The topological polar surface area (TPSA) is 135 Å². The highest BCUT2D eigenvalue weighted by atomic mass is 16.2. The molecule has 0 spiro atoms. The van der Waals surface area contributed by atoms with Crippen LogP contribution in [0.25, 0.3) is 22.0 Å². The number of aromatic nitrogens is 4. The Morgan fingerprint density at radius 3 is 2.80 bits per heavy atom. The predicted octanol–water partition coefficient (Wildman–Crippen LogP) is 4.05. The quantitative estimate of drug-likeness (QED) is 0.168. The minimum atomic E-state index is -0.268. The Bertz CT molecular complexity index is 1460. The molecule has 41 heavy (non-hydrogen) atoms. The summed E-state index contributed by atoms with van der Waals surface area (Å²) in [6.07, 6.45) is 11.9. The molecule has 10 heteroatoms. The van der Waals surface area contributed by atoms with Gasteiger partial charge in [-0.25, -0.2) is 9.97 Å². The average molecular weight is 554 g/mol. The first-order chi connectivity index (χ1) is 20.1. The van der Waals surface area contributed by atoms with E-state index in [1.807, 2.05) is 25.3 Å². The molecule has 0 aliphatic carbocycles. The lowest BCUT2D eigenvalue weighted by atomic mass is 10.0. The van der Waals surface area contributed by atoms with Gasteiger partial charge in [-0.3, -0.25) is 9.78 Å². The number of imidazole rings is 1. The minimum absolute atomic E-state index is 0.106. The van der Waals surface area contributed by atoms with E-state index in [4.69, 9.17) is 4.98 Å². The van der Waals surface area contributed by atoms with Crippen LogP contribution in [-0.2, 0) is 0 Å². The van der Waals surface area contributed by atoms with Gasteiger partial charge in [-0.05, 0) is 83.9 Å². The number of carbonyl (C=O) groups excluding carboxylic acids is 1. The number of rotatable bonds is 10. The van der Waals surface area contributed by atoms with E-state index >= 15 is 0 Å². The van der Waals surface area contributed by atoms with Crippen LogP contribution >= 0.6 is 0 Å². The number of H-pyrrole nitrogens is 1. The molecule has 2 fully saturated rings. The number of pyridine rings is 2. The lowest BCUT2D eigenvalue weighted by molar-refractivity contribution is 0.0920. The molecule has 0 saturated carbocycles. The van der Waals surface area contributed by atoms with Crippen LogP contribution in [0.1, 0.15) is 66.2 Å². The second-order valence-corrected chi connectivity index (χ2v) is 10.8. The van der Waals surface area contributed by atoms with Crippen molar-refractivity contribution in [3.63, 3.8) is 0 Å². The van der Waals surface area contributed by atoms with Gasteiger partial charge in [0.25, 0.3) is 5.91 Å². The summed E-state index contributed by atoms with van der Waals surface area (Å²) in [6, 6.07) is 6.23. The third kappa shape index (κ3) is 6.81. The standard InChI is InChI=1S/C31H39N9O/c1-3-23(24(19-32)29-21(2)36-30(39-29)31(41)37-22-8-12-33-13-9-22)28-18-27(25-20-34-14-10-26(25)38-28)35-11-7-17-40-15-5-4-6-16-40/h3,10,14,18,20,22,33H,1,4-9,11-13,15-17H2,2H3,(H,35,38)(H,36,39)(H,37,41)/b24-23+. The molecule has 0 atom stereocenters. The summed E-state index contributed by atoms with van der Waals surface area (Å²) in [5.74, 6) is -0.0723. The van der Waals surface area contributed by atoms with Gasteiger partial charge in [-0.2, -0.15) is 5.26 Å². The lowest BCUT2D eigenvalue weighted by Crippen LogP contribution is -2.43. The van der Waals surface area contributed by atoms with Gasteiger partial charge < -0.3 is 25.8 Å². The number of aryl methyl sites for hydroxylation is 1. The largest absolute Gasteiger partial charge is 0.384 e. The number of fused-ring (bicyclic) bond motifs is 1. The molecule has 5 rings (SSSR count). The molecule has 1 amide bonds. The first-order valence-electron chi connectivity index (χ1n) is 14.6. The van der Waals surface area contributed by atoms with Gasteiger partial charge in [0.15, 0.2) is 5.82 Å². The highest BCUT2D eigenvalue weighted by Gasteiger charge is 2.23. The number of piperidine rings is 2. The van der Waals surface area contributed by atoms with Gasteiger partial charge >= 0.3 is 0 Å². The molecular weight excluding hydrogens is 514 g/mol. The van der Waals surface area contributed by atoms with Crippen molar-refractivity contribution in [3.05, 3.63) is 60.1 Å². The summed E-state index contributed by atoms with van der Waals surface area (Å²) in [4.78, 5) is 32.3. The van der Waals surface area contributed by atoms with Crippen LogP contribution in [0.3, 0.4) is 0 Å². The van der Waals surface area contributed by atoms with E-state index in [1.54, 1.807) is 12.3 Å². The number of anilines is 1. The number of hydrogen-bond acceptors (Lipinski definition) is 8. The molecule has 0 bridgehead atoms. The lowest BCUT2D eigenvalue weighted by Gasteiger charge is -2.26. The Kier molecular flexibility index (Phi) is 9.39. The van der Waals surface area contributed by atoms with Crippen LogP contribution in [-0.4, -0.2) is 76.1 Å². The molecule has 2 aliphatic rings. The maximum atomic E-state index is 12.9. The maximum Gasteiger partial charge on any atom is 0.287 e. The second kappa shape index (κ2) is 13.5. The molecule has 2 aliphatic heterocycles. The molecule has 0 unspecified atom stereocenters. The molecule has 0 radical (unpaired) electrons.